The van der Waals surface area contributed by atoms with Gasteiger partial charge in [-0.15, -0.1) is 0 Å². The first-order chi connectivity index (χ1) is 14.6. The number of carbonyl (C=O) groups excluding carboxylic acids is 1. The number of rotatable bonds is 16. The Labute approximate surface area is 194 Å². The SMILES string of the molecule is CC(C)=CCC/C(C)=C/CC/C(C)=C/CC/C=C(\C)CC/C=C(\C)CCC(=O)C(C)C. The molecule has 0 aliphatic rings. The highest BCUT2D eigenvalue weighted by atomic mass is 16.1. The number of carbonyl (C=O) groups is 1. The van der Waals surface area contributed by atoms with Crippen LogP contribution < -0.4 is 0 Å². The molecule has 0 aromatic heterocycles. The molecule has 0 aromatic carbocycles. The molecule has 0 rings (SSSR count). The minimum absolute atomic E-state index is 0.161. The van der Waals surface area contributed by atoms with Crippen LogP contribution in [0.3, 0.4) is 0 Å². The normalized spacial score (nSPS) is 13.7. The zero-order valence-electron chi connectivity index (χ0n) is 21.9. The summed E-state index contributed by atoms with van der Waals surface area (Å²) >= 11 is 0. The van der Waals surface area contributed by atoms with Gasteiger partial charge >= 0.3 is 0 Å². The average Bonchev–Trinajstić information content (AvgIpc) is 2.69. The lowest BCUT2D eigenvalue weighted by molar-refractivity contribution is -0.121. The second-order valence-electron chi connectivity index (χ2n) is 9.80. The Balaban J connectivity index is 4.08. The molecule has 0 unspecified atom stereocenters. The lowest BCUT2D eigenvalue weighted by Crippen LogP contribution is -2.06. The van der Waals surface area contributed by atoms with Gasteiger partial charge in [-0.1, -0.05) is 72.1 Å². The minimum atomic E-state index is 0.161. The summed E-state index contributed by atoms with van der Waals surface area (Å²) in [5, 5.41) is 0. The van der Waals surface area contributed by atoms with Crippen molar-refractivity contribution in [3.05, 3.63) is 58.2 Å². The summed E-state index contributed by atoms with van der Waals surface area (Å²) in [6, 6.07) is 0. The molecule has 0 aliphatic heterocycles. The van der Waals surface area contributed by atoms with E-state index < -0.39 is 0 Å². The molecule has 0 saturated carbocycles. The van der Waals surface area contributed by atoms with Crippen molar-refractivity contribution in [1.82, 2.24) is 0 Å². The standard InChI is InChI=1S/C30H50O/c1-24(2)14-11-17-28(7)20-12-18-26(5)15-9-10-16-27(6)19-13-21-29(8)22-23-30(31)25(3)4/h14-16,20-21,25H,9-13,17-19,22-23H2,1-8H3/b26-15+,27-16+,28-20+,29-21+. The van der Waals surface area contributed by atoms with E-state index in [1.54, 1.807) is 0 Å². The molecular formula is C30H50O. The van der Waals surface area contributed by atoms with E-state index in [1.807, 2.05) is 13.8 Å². The zero-order valence-corrected chi connectivity index (χ0v) is 21.9. The summed E-state index contributed by atoms with van der Waals surface area (Å²) in [5.74, 6) is 0.534. The highest BCUT2D eigenvalue weighted by molar-refractivity contribution is 5.80. The van der Waals surface area contributed by atoms with Gasteiger partial charge in [-0.2, -0.15) is 0 Å². The Kier molecular flexibility index (Phi) is 17.0. The highest BCUT2D eigenvalue weighted by Crippen LogP contribution is 2.15. The molecule has 0 bridgehead atoms. The van der Waals surface area contributed by atoms with E-state index in [1.165, 1.54) is 47.1 Å². The van der Waals surface area contributed by atoms with Crippen molar-refractivity contribution in [3.8, 4) is 0 Å². The molecule has 0 amide bonds. The van der Waals surface area contributed by atoms with E-state index in [2.05, 4.69) is 71.9 Å². The maximum atomic E-state index is 11.7. The van der Waals surface area contributed by atoms with E-state index in [0.29, 0.717) is 12.2 Å². The van der Waals surface area contributed by atoms with Gasteiger partial charge in [0.2, 0.25) is 0 Å². The third-order valence-electron chi connectivity index (χ3n) is 5.72. The van der Waals surface area contributed by atoms with Crippen LogP contribution in [0.4, 0.5) is 0 Å². The first-order valence-electron chi connectivity index (χ1n) is 12.4. The molecule has 0 fully saturated rings. The summed E-state index contributed by atoms with van der Waals surface area (Å²) in [6.07, 6.45) is 22.6. The van der Waals surface area contributed by atoms with Crippen LogP contribution in [0.25, 0.3) is 0 Å². The molecule has 0 atom stereocenters. The topological polar surface area (TPSA) is 17.1 Å². The fourth-order valence-electron chi connectivity index (χ4n) is 3.36. The molecule has 1 nitrogen and oxygen atoms in total. The van der Waals surface area contributed by atoms with Gasteiger partial charge in [0.15, 0.2) is 0 Å². The first-order valence-corrected chi connectivity index (χ1v) is 12.4. The van der Waals surface area contributed by atoms with Crippen LogP contribution >= 0.6 is 0 Å². The Morgan fingerprint density at radius 1 is 0.516 bits per heavy atom. The molecule has 0 aromatic rings. The van der Waals surface area contributed by atoms with Gasteiger partial charge in [0.05, 0.1) is 0 Å². The van der Waals surface area contributed by atoms with Crippen molar-refractivity contribution < 1.29 is 4.79 Å². The van der Waals surface area contributed by atoms with E-state index >= 15 is 0 Å². The van der Waals surface area contributed by atoms with Crippen molar-refractivity contribution in [1.29, 1.82) is 0 Å². The molecule has 0 N–H and O–H groups in total. The molecule has 176 valence electrons. The average molecular weight is 427 g/mol. The smallest absolute Gasteiger partial charge is 0.135 e. The van der Waals surface area contributed by atoms with Crippen LogP contribution in [0, 0.1) is 5.92 Å². The highest BCUT2D eigenvalue weighted by Gasteiger charge is 2.06. The maximum Gasteiger partial charge on any atom is 0.135 e. The third kappa shape index (κ3) is 18.8. The Hall–Kier alpha value is -1.63. The summed E-state index contributed by atoms with van der Waals surface area (Å²) in [5.41, 5.74) is 7.26. The van der Waals surface area contributed by atoms with Crippen LogP contribution in [0.1, 0.15) is 120 Å². The van der Waals surface area contributed by atoms with Crippen LogP contribution in [0.2, 0.25) is 0 Å². The second-order valence-corrected chi connectivity index (χ2v) is 9.80. The number of unbranched alkanes of at least 4 members (excludes halogenated alkanes) is 1. The van der Waals surface area contributed by atoms with E-state index in [9.17, 15) is 4.79 Å². The third-order valence-corrected chi connectivity index (χ3v) is 5.72. The number of hydrogen-bond donors (Lipinski definition) is 0. The molecule has 0 heterocycles. The zero-order chi connectivity index (χ0) is 23.6. The Morgan fingerprint density at radius 2 is 0.871 bits per heavy atom. The van der Waals surface area contributed by atoms with Crippen LogP contribution in [-0.4, -0.2) is 5.78 Å². The predicted octanol–water partition coefficient (Wildman–Crippen LogP) is 9.86. The van der Waals surface area contributed by atoms with Gasteiger partial charge in [0.1, 0.15) is 5.78 Å². The molecule has 0 spiro atoms. The van der Waals surface area contributed by atoms with Gasteiger partial charge < -0.3 is 0 Å². The largest absolute Gasteiger partial charge is 0.299 e. The van der Waals surface area contributed by atoms with Gasteiger partial charge in [-0.05, 0) is 99.3 Å². The van der Waals surface area contributed by atoms with Gasteiger partial charge in [-0.3, -0.25) is 4.79 Å². The fourth-order valence-corrected chi connectivity index (χ4v) is 3.36. The monoisotopic (exact) mass is 426 g/mol. The number of Topliss-reactive ketones (excluding diaryl/α,β-unsaturated/α-hetero) is 1. The summed E-state index contributed by atoms with van der Waals surface area (Å²) in [6.45, 7) is 17.2. The number of allylic oxidation sites excluding steroid dienone is 10. The van der Waals surface area contributed by atoms with E-state index in [4.69, 9.17) is 0 Å². The van der Waals surface area contributed by atoms with Crippen molar-refractivity contribution in [2.24, 2.45) is 5.92 Å². The minimum Gasteiger partial charge on any atom is -0.299 e. The van der Waals surface area contributed by atoms with E-state index in [0.717, 1.165) is 38.5 Å². The predicted molar refractivity (Wildman–Crippen MR) is 140 cm³/mol. The molecule has 0 radical (unpaired) electrons. The second kappa shape index (κ2) is 18.0. The maximum absolute atomic E-state index is 11.7. The molecule has 0 saturated heterocycles. The summed E-state index contributed by atoms with van der Waals surface area (Å²) in [4.78, 5) is 11.7. The Morgan fingerprint density at radius 3 is 1.26 bits per heavy atom. The summed E-state index contributed by atoms with van der Waals surface area (Å²) < 4.78 is 0. The molecule has 31 heavy (non-hydrogen) atoms. The van der Waals surface area contributed by atoms with Crippen molar-refractivity contribution >= 4 is 5.78 Å². The molecular weight excluding hydrogens is 376 g/mol. The number of hydrogen-bond acceptors (Lipinski definition) is 1. The Bertz CT molecular complexity index is 661. The first kappa shape index (κ1) is 29.4. The quantitative estimate of drug-likeness (QED) is 0.177. The van der Waals surface area contributed by atoms with Crippen LogP contribution in [0.15, 0.2) is 58.2 Å². The molecule has 0 aliphatic carbocycles. The van der Waals surface area contributed by atoms with Crippen molar-refractivity contribution in [3.63, 3.8) is 0 Å². The summed E-state index contributed by atoms with van der Waals surface area (Å²) in [7, 11) is 0. The van der Waals surface area contributed by atoms with Crippen molar-refractivity contribution in [2.75, 3.05) is 0 Å². The fraction of sp³-hybridized carbons (Fsp3) is 0.633. The van der Waals surface area contributed by atoms with Crippen molar-refractivity contribution in [2.45, 2.75) is 120 Å². The van der Waals surface area contributed by atoms with E-state index in [-0.39, 0.29) is 5.92 Å². The lowest BCUT2D eigenvalue weighted by Gasteiger charge is -2.05. The lowest BCUT2D eigenvalue weighted by atomic mass is 10.0. The van der Waals surface area contributed by atoms with Gasteiger partial charge in [0.25, 0.3) is 0 Å². The number of ketones is 1. The van der Waals surface area contributed by atoms with Crippen LogP contribution in [-0.2, 0) is 4.79 Å². The van der Waals surface area contributed by atoms with Crippen LogP contribution in [0.5, 0.6) is 0 Å². The van der Waals surface area contributed by atoms with Gasteiger partial charge in [-0.25, -0.2) is 0 Å². The van der Waals surface area contributed by atoms with Gasteiger partial charge in [0, 0.05) is 12.3 Å². The molecule has 1 heteroatoms.